The van der Waals surface area contributed by atoms with Crippen LogP contribution in [0.1, 0.15) is 45.0 Å². The van der Waals surface area contributed by atoms with Crippen molar-refractivity contribution in [2.75, 3.05) is 6.54 Å². The molecule has 5 heteroatoms. The fourth-order valence-electron chi connectivity index (χ4n) is 2.31. The molecule has 0 bridgehead atoms. The first-order valence-corrected chi connectivity index (χ1v) is 9.01. The van der Waals surface area contributed by atoms with Gasteiger partial charge in [-0.15, -0.1) is 11.3 Å². The molecule has 0 saturated carbocycles. The first-order valence-electron chi connectivity index (χ1n) is 8.19. The van der Waals surface area contributed by atoms with Gasteiger partial charge < -0.3 is 10.4 Å². The van der Waals surface area contributed by atoms with Crippen molar-refractivity contribution in [2.24, 2.45) is 5.92 Å². The summed E-state index contributed by atoms with van der Waals surface area (Å²) >= 11 is 1.63. The predicted molar refractivity (Wildman–Crippen MR) is 95.6 cm³/mol. The average molecular weight is 334 g/mol. The van der Waals surface area contributed by atoms with Gasteiger partial charge in [-0.05, 0) is 37.8 Å². The molecule has 2 N–H and O–H groups in total. The molecule has 4 nitrogen and oxygen atoms in total. The van der Waals surface area contributed by atoms with E-state index in [0.717, 1.165) is 21.6 Å². The first-order chi connectivity index (χ1) is 10.9. The molecule has 2 aromatic rings. The van der Waals surface area contributed by atoms with Crippen molar-refractivity contribution in [3.05, 3.63) is 29.3 Å². The highest BCUT2D eigenvalue weighted by Gasteiger charge is 2.21. The summed E-state index contributed by atoms with van der Waals surface area (Å²) in [5.74, 6) is 0.519. The summed E-state index contributed by atoms with van der Waals surface area (Å²) in [6, 6.07) is 8.00. The van der Waals surface area contributed by atoms with E-state index in [1.807, 2.05) is 24.3 Å². The van der Waals surface area contributed by atoms with E-state index >= 15 is 0 Å². The van der Waals surface area contributed by atoms with Gasteiger partial charge in [-0.1, -0.05) is 26.0 Å². The number of hydrogen-bond acceptors (Lipinski definition) is 4. The zero-order valence-corrected chi connectivity index (χ0v) is 14.9. The monoisotopic (exact) mass is 334 g/mol. The highest BCUT2D eigenvalue weighted by Crippen LogP contribution is 2.22. The van der Waals surface area contributed by atoms with Gasteiger partial charge in [0.15, 0.2) is 0 Å². The molecule has 1 amide bonds. The van der Waals surface area contributed by atoms with E-state index < -0.39 is 5.60 Å². The molecular formula is C18H26N2O2S. The number of para-hydroxylation sites is 1. The molecule has 1 unspecified atom stereocenters. The van der Waals surface area contributed by atoms with E-state index in [0.29, 0.717) is 31.7 Å². The minimum absolute atomic E-state index is 0.0333. The van der Waals surface area contributed by atoms with E-state index in [9.17, 15) is 9.90 Å². The van der Waals surface area contributed by atoms with Gasteiger partial charge in [0, 0.05) is 19.4 Å². The van der Waals surface area contributed by atoms with Crippen LogP contribution in [0.4, 0.5) is 0 Å². The molecule has 1 aromatic heterocycles. The second-order valence-electron chi connectivity index (χ2n) is 6.78. The second kappa shape index (κ2) is 7.88. The van der Waals surface area contributed by atoms with Crippen LogP contribution < -0.4 is 5.32 Å². The summed E-state index contributed by atoms with van der Waals surface area (Å²) in [6.07, 6.45) is 2.69. The molecule has 23 heavy (non-hydrogen) atoms. The third-order valence-corrected chi connectivity index (χ3v) is 4.93. The highest BCUT2D eigenvalue weighted by atomic mass is 32.1. The van der Waals surface area contributed by atoms with Crippen molar-refractivity contribution in [1.29, 1.82) is 0 Å². The smallest absolute Gasteiger partial charge is 0.220 e. The molecule has 126 valence electrons. The fraction of sp³-hybridized carbons (Fsp3) is 0.556. The summed E-state index contributed by atoms with van der Waals surface area (Å²) in [7, 11) is 0. The van der Waals surface area contributed by atoms with E-state index in [2.05, 4.69) is 24.1 Å². The molecule has 1 heterocycles. The number of carbonyl (C=O) groups is 1. The first kappa shape index (κ1) is 17.9. The van der Waals surface area contributed by atoms with Crippen LogP contribution in [0, 0.1) is 5.92 Å². The molecule has 0 radical (unpaired) electrons. The standard InChI is InChI=1S/C18H26N2O2S/c1-13(2)10-11-18(3,22)12-19-16(21)8-9-17-20-14-6-4-5-7-15(14)23-17/h4-7,13,22H,8-12H2,1-3H3,(H,19,21). The third-order valence-electron chi connectivity index (χ3n) is 3.83. The lowest BCUT2D eigenvalue weighted by molar-refractivity contribution is -0.122. The van der Waals surface area contributed by atoms with Gasteiger partial charge in [-0.3, -0.25) is 4.79 Å². The van der Waals surface area contributed by atoms with Crippen LogP contribution in [-0.4, -0.2) is 28.1 Å². The maximum Gasteiger partial charge on any atom is 0.220 e. The largest absolute Gasteiger partial charge is 0.388 e. The minimum atomic E-state index is -0.838. The number of nitrogens with one attached hydrogen (secondary N) is 1. The molecule has 0 spiro atoms. The lowest BCUT2D eigenvalue weighted by Gasteiger charge is -2.24. The number of fused-ring (bicyclic) bond motifs is 1. The van der Waals surface area contributed by atoms with E-state index in [4.69, 9.17) is 0 Å². The SMILES string of the molecule is CC(C)CCC(C)(O)CNC(=O)CCc1nc2ccccc2s1. The van der Waals surface area contributed by atoms with Crippen molar-refractivity contribution in [3.63, 3.8) is 0 Å². The van der Waals surface area contributed by atoms with Gasteiger partial charge in [0.05, 0.1) is 20.8 Å². The Labute approximate surface area is 141 Å². The molecule has 0 aliphatic heterocycles. The van der Waals surface area contributed by atoms with Crippen LogP contribution in [0.3, 0.4) is 0 Å². The predicted octanol–water partition coefficient (Wildman–Crippen LogP) is 3.53. The summed E-state index contributed by atoms with van der Waals surface area (Å²) in [5.41, 5.74) is 0.153. The average Bonchev–Trinajstić information content (AvgIpc) is 2.92. The molecule has 0 aliphatic carbocycles. The zero-order chi connectivity index (χ0) is 16.9. The van der Waals surface area contributed by atoms with Crippen LogP contribution in [0.25, 0.3) is 10.2 Å². The Balaban J connectivity index is 1.76. The Bertz CT molecular complexity index is 616. The Hall–Kier alpha value is -1.46. The number of carbonyl (C=O) groups excluding carboxylic acids is 1. The second-order valence-corrected chi connectivity index (χ2v) is 7.90. The third kappa shape index (κ3) is 5.92. The summed E-state index contributed by atoms with van der Waals surface area (Å²) in [4.78, 5) is 16.5. The van der Waals surface area contributed by atoms with E-state index in [-0.39, 0.29) is 5.91 Å². The topological polar surface area (TPSA) is 62.2 Å². The van der Waals surface area contributed by atoms with Crippen LogP contribution in [0.5, 0.6) is 0 Å². The van der Waals surface area contributed by atoms with Crippen molar-refractivity contribution in [2.45, 2.75) is 52.1 Å². The van der Waals surface area contributed by atoms with Crippen LogP contribution >= 0.6 is 11.3 Å². The minimum Gasteiger partial charge on any atom is -0.388 e. The Morgan fingerprint density at radius 3 is 2.83 bits per heavy atom. The molecule has 0 fully saturated rings. The lowest BCUT2D eigenvalue weighted by Crippen LogP contribution is -2.40. The van der Waals surface area contributed by atoms with Crippen LogP contribution in [-0.2, 0) is 11.2 Å². The Morgan fingerprint density at radius 2 is 2.13 bits per heavy atom. The van der Waals surface area contributed by atoms with E-state index in [1.54, 1.807) is 18.3 Å². The molecular weight excluding hydrogens is 308 g/mol. The zero-order valence-electron chi connectivity index (χ0n) is 14.1. The quantitative estimate of drug-likeness (QED) is 0.776. The molecule has 0 aliphatic rings. The van der Waals surface area contributed by atoms with Gasteiger partial charge in [-0.25, -0.2) is 4.98 Å². The number of nitrogens with zero attached hydrogens (tertiary/aromatic N) is 1. The van der Waals surface area contributed by atoms with Crippen molar-refractivity contribution >= 4 is 27.5 Å². The van der Waals surface area contributed by atoms with E-state index in [1.165, 1.54) is 0 Å². The Kier molecular flexibility index (Phi) is 6.13. The maximum absolute atomic E-state index is 12.0. The lowest BCUT2D eigenvalue weighted by atomic mass is 9.95. The van der Waals surface area contributed by atoms with Gasteiger partial charge >= 0.3 is 0 Å². The number of aliphatic hydroxyl groups is 1. The van der Waals surface area contributed by atoms with Crippen LogP contribution in [0.2, 0.25) is 0 Å². The number of aryl methyl sites for hydroxylation is 1. The van der Waals surface area contributed by atoms with Gasteiger partial charge in [0.25, 0.3) is 0 Å². The van der Waals surface area contributed by atoms with Crippen molar-refractivity contribution in [3.8, 4) is 0 Å². The van der Waals surface area contributed by atoms with Gasteiger partial charge in [-0.2, -0.15) is 0 Å². The van der Waals surface area contributed by atoms with Gasteiger partial charge in [0.1, 0.15) is 0 Å². The number of thiazole rings is 1. The molecule has 2 rings (SSSR count). The summed E-state index contributed by atoms with van der Waals surface area (Å²) < 4.78 is 1.15. The summed E-state index contributed by atoms with van der Waals surface area (Å²) in [6.45, 7) is 6.35. The number of amides is 1. The highest BCUT2D eigenvalue weighted by molar-refractivity contribution is 7.18. The van der Waals surface area contributed by atoms with Gasteiger partial charge in [0.2, 0.25) is 5.91 Å². The number of rotatable bonds is 8. The molecule has 1 atom stereocenters. The number of benzene rings is 1. The Morgan fingerprint density at radius 1 is 1.39 bits per heavy atom. The number of aromatic nitrogens is 1. The fourth-order valence-corrected chi connectivity index (χ4v) is 3.28. The molecule has 0 saturated heterocycles. The summed E-state index contributed by atoms with van der Waals surface area (Å²) in [5, 5.41) is 14.1. The van der Waals surface area contributed by atoms with Crippen molar-refractivity contribution in [1.82, 2.24) is 10.3 Å². The normalized spacial score (nSPS) is 14.1. The molecule has 1 aromatic carbocycles. The van der Waals surface area contributed by atoms with Crippen LogP contribution in [0.15, 0.2) is 24.3 Å². The maximum atomic E-state index is 12.0. The number of hydrogen-bond donors (Lipinski definition) is 2. The van der Waals surface area contributed by atoms with Crippen molar-refractivity contribution < 1.29 is 9.90 Å².